The lowest BCUT2D eigenvalue weighted by molar-refractivity contribution is 0.718. The molecule has 10 rings (SSSR count). The molecular weight excluding hydrogens is 508 g/mol. The maximum atomic E-state index is 5.24. The molecule has 196 valence electrons. The van der Waals surface area contributed by atoms with Gasteiger partial charge in [-0.2, -0.15) is 0 Å². The van der Waals surface area contributed by atoms with Gasteiger partial charge in [-0.15, -0.1) is 0 Å². The number of hydrogen-bond acceptors (Lipinski definition) is 2. The number of aromatic nitrogens is 1. The number of para-hydroxylation sites is 1. The smallest absolute Gasteiger partial charge is 0.141 e. The van der Waals surface area contributed by atoms with Gasteiger partial charge in [-0.05, 0) is 67.8 Å². The number of pyridine rings is 1. The van der Waals surface area contributed by atoms with Crippen molar-refractivity contribution in [2.24, 2.45) is 0 Å². The molecule has 0 N–H and O–H groups in total. The molecule has 6 aromatic rings. The number of anilines is 2. The second-order valence-corrected chi connectivity index (χ2v) is 11.8. The number of fused-ring (bicyclic) bond motifs is 15. The zero-order valence-electron chi connectivity index (χ0n) is 22.9. The van der Waals surface area contributed by atoms with E-state index in [0.29, 0.717) is 0 Å². The van der Waals surface area contributed by atoms with Crippen molar-refractivity contribution in [3.05, 3.63) is 179 Å². The van der Waals surface area contributed by atoms with Gasteiger partial charge in [0.25, 0.3) is 0 Å². The molecule has 2 heteroatoms. The summed E-state index contributed by atoms with van der Waals surface area (Å²) in [7, 11) is 0. The Hall–Kier alpha value is -5.21. The fraction of sp³-hybridized carbons (Fsp3) is 0.0750. The van der Waals surface area contributed by atoms with E-state index in [1.807, 2.05) is 6.20 Å². The molecule has 5 aromatic carbocycles. The van der Waals surface area contributed by atoms with Crippen molar-refractivity contribution in [1.82, 2.24) is 4.98 Å². The van der Waals surface area contributed by atoms with Crippen LogP contribution in [0.15, 0.2) is 140 Å². The standard InChI is InChI=1S/C40H26N2/c1-2-12-26-25(11-1)21-22-36-37(26)30-16-6-10-20-35(30)42(36)39-38-29-15-5-9-19-33(29)40(34(38)23-24-41-39)31-17-7-3-13-27(31)28-14-4-8-18-32(28)40/h1-24,36-37H. The van der Waals surface area contributed by atoms with Gasteiger partial charge >= 0.3 is 0 Å². The summed E-state index contributed by atoms with van der Waals surface area (Å²) >= 11 is 0. The monoisotopic (exact) mass is 534 g/mol. The van der Waals surface area contributed by atoms with Crippen LogP contribution >= 0.6 is 0 Å². The minimum atomic E-state index is -0.371. The second kappa shape index (κ2) is 7.96. The van der Waals surface area contributed by atoms with E-state index in [2.05, 4.69) is 144 Å². The Balaban J connectivity index is 1.29. The van der Waals surface area contributed by atoms with Gasteiger partial charge in [0.15, 0.2) is 0 Å². The summed E-state index contributed by atoms with van der Waals surface area (Å²) in [5, 5.41) is 0. The third-order valence-corrected chi connectivity index (χ3v) is 10.1. The first-order valence-corrected chi connectivity index (χ1v) is 14.8. The Morgan fingerprint density at radius 1 is 0.548 bits per heavy atom. The van der Waals surface area contributed by atoms with Crippen LogP contribution < -0.4 is 4.90 Å². The van der Waals surface area contributed by atoms with Gasteiger partial charge in [-0.25, -0.2) is 4.98 Å². The third kappa shape index (κ3) is 2.55. The molecule has 1 spiro atoms. The van der Waals surface area contributed by atoms with E-state index < -0.39 is 0 Å². The summed E-state index contributed by atoms with van der Waals surface area (Å²) in [6, 6.07) is 47.2. The Morgan fingerprint density at radius 2 is 1.14 bits per heavy atom. The molecule has 42 heavy (non-hydrogen) atoms. The van der Waals surface area contributed by atoms with Crippen LogP contribution in [0.4, 0.5) is 11.5 Å². The molecule has 2 unspecified atom stereocenters. The molecule has 3 aliphatic carbocycles. The number of hydrogen-bond donors (Lipinski definition) is 0. The SMILES string of the molecule is C1=CC2C(c3ccccc31)c1ccccc1N2c1nccc2c1-c1ccccc1C21c2ccccc2-c2ccccc21. The molecule has 0 amide bonds. The van der Waals surface area contributed by atoms with Crippen LogP contribution in [0, 0.1) is 0 Å². The minimum absolute atomic E-state index is 0.156. The normalized spacial score (nSPS) is 19.0. The van der Waals surface area contributed by atoms with Crippen LogP contribution in [-0.4, -0.2) is 11.0 Å². The van der Waals surface area contributed by atoms with Gasteiger partial charge in [-0.1, -0.05) is 127 Å². The highest BCUT2D eigenvalue weighted by Crippen LogP contribution is 2.64. The molecule has 0 fully saturated rings. The average Bonchev–Trinajstić information content (AvgIpc) is 3.67. The summed E-state index contributed by atoms with van der Waals surface area (Å²) in [6.07, 6.45) is 6.74. The lowest BCUT2D eigenvalue weighted by atomic mass is 9.71. The summed E-state index contributed by atoms with van der Waals surface area (Å²) in [6.45, 7) is 0. The molecule has 0 saturated carbocycles. The maximum absolute atomic E-state index is 5.24. The number of benzene rings is 5. The summed E-state index contributed by atoms with van der Waals surface area (Å²) < 4.78 is 0. The van der Waals surface area contributed by atoms with Crippen LogP contribution in [0.2, 0.25) is 0 Å². The van der Waals surface area contributed by atoms with E-state index in [1.54, 1.807) is 0 Å². The highest BCUT2D eigenvalue weighted by Gasteiger charge is 2.53. The molecule has 0 bridgehead atoms. The van der Waals surface area contributed by atoms with E-state index in [4.69, 9.17) is 4.98 Å². The Kier molecular flexibility index (Phi) is 4.26. The van der Waals surface area contributed by atoms with Gasteiger partial charge in [0, 0.05) is 23.4 Å². The quantitative estimate of drug-likeness (QED) is 0.209. The minimum Gasteiger partial charge on any atom is -0.318 e. The van der Waals surface area contributed by atoms with Crippen molar-refractivity contribution in [1.29, 1.82) is 0 Å². The summed E-state index contributed by atoms with van der Waals surface area (Å²) in [5.74, 6) is 1.31. The van der Waals surface area contributed by atoms with Crippen molar-refractivity contribution in [3.8, 4) is 22.3 Å². The van der Waals surface area contributed by atoms with Crippen molar-refractivity contribution in [2.75, 3.05) is 4.90 Å². The van der Waals surface area contributed by atoms with E-state index in [-0.39, 0.29) is 17.4 Å². The van der Waals surface area contributed by atoms with Crippen molar-refractivity contribution in [3.63, 3.8) is 0 Å². The lowest BCUT2D eigenvalue weighted by Gasteiger charge is -2.33. The molecular formula is C40H26N2. The molecule has 1 aromatic heterocycles. The molecule has 0 saturated heterocycles. The van der Waals surface area contributed by atoms with Crippen LogP contribution in [0.1, 0.15) is 44.9 Å². The molecule has 2 atom stereocenters. The average molecular weight is 535 g/mol. The highest BCUT2D eigenvalue weighted by atomic mass is 15.2. The zero-order chi connectivity index (χ0) is 27.4. The van der Waals surface area contributed by atoms with Gasteiger partial charge in [0.1, 0.15) is 5.82 Å². The van der Waals surface area contributed by atoms with Gasteiger partial charge in [0.2, 0.25) is 0 Å². The van der Waals surface area contributed by atoms with Crippen LogP contribution in [0.5, 0.6) is 0 Å². The number of rotatable bonds is 1. The molecule has 2 nitrogen and oxygen atoms in total. The summed E-state index contributed by atoms with van der Waals surface area (Å²) in [5.41, 5.74) is 15.5. The third-order valence-electron chi connectivity index (χ3n) is 10.1. The topological polar surface area (TPSA) is 16.1 Å². The van der Waals surface area contributed by atoms with Gasteiger partial charge in [-0.3, -0.25) is 0 Å². The predicted molar refractivity (Wildman–Crippen MR) is 170 cm³/mol. The fourth-order valence-corrected chi connectivity index (χ4v) is 8.62. The first kappa shape index (κ1) is 22.5. The van der Waals surface area contributed by atoms with Crippen LogP contribution in [-0.2, 0) is 5.41 Å². The van der Waals surface area contributed by atoms with Crippen LogP contribution in [0.25, 0.3) is 28.3 Å². The summed E-state index contributed by atoms with van der Waals surface area (Å²) in [4.78, 5) is 7.76. The predicted octanol–water partition coefficient (Wildman–Crippen LogP) is 9.10. The molecule has 2 heterocycles. The molecule has 4 aliphatic rings. The van der Waals surface area contributed by atoms with Gasteiger partial charge in [0.05, 0.1) is 11.5 Å². The lowest BCUT2D eigenvalue weighted by Crippen LogP contribution is -2.32. The van der Waals surface area contributed by atoms with Gasteiger partial charge < -0.3 is 4.90 Å². The number of nitrogens with zero attached hydrogens (tertiary/aromatic N) is 2. The van der Waals surface area contributed by atoms with E-state index in [9.17, 15) is 0 Å². The van der Waals surface area contributed by atoms with E-state index in [0.717, 1.165) is 5.82 Å². The first-order valence-electron chi connectivity index (χ1n) is 14.8. The van der Waals surface area contributed by atoms with E-state index in [1.165, 1.54) is 66.9 Å². The zero-order valence-corrected chi connectivity index (χ0v) is 22.9. The maximum Gasteiger partial charge on any atom is 0.141 e. The Bertz CT molecular complexity index is 2090. The van der Waals surface area contributed by atoms with Crippen molar-refractivity contribution < 1.29 is 0 Å². The Morgan fingerprint density at radius 3 is 1.90 bits per heavy atom. The van der Waals surface area contributed by atoms with Crippen LogP contribution in [0.3, 0.4) is 0 Å². The first-order chi connectivity index (χ1) is 20.9. The Labute approximate surface area is 245 Å². The largest absolute Gasteiger partial charge is 0.318 e. The van der Waals surface area contributed by atoms with Crippen molar-refractivity contribution >= 4 is 17.6 Å². The molecule has 0 radical (unpaired) electrons. The molecule has 1 aliphatic heterocycles. The van der Waals surface area contributed by atoms with E-state index >= 15 is 0 Å². The second-order valence-electron chi connectivity index (χ2n) is 11.8. The van der Waals surface area contributed by atoms with Crippen molar-refractivity contribution in [2.45, 2.75) is 17.4 Å². The highest BCUT2D eigenvalue weighted by molar-refractivity contribution is 5.99. The fourth-order valence-electron chi connectivity index (χ4n) is 8.62.